The van der Waals surface area contributed by atoms with Crippen molar-refractivity contribution in [1.29, 1.82) is 0 Å². The zero-order chi connectivity index (χ0) is 12.8. The van der Waals surface area contributed by atoms with Gasteiger partial charge in [-0.2, -0.15) is 0 Å². The highest BCUT2D eigenvalue weighted by molar-refractivity contribution is 5.99. The van der Waals surface area contributed by atoms with Crippen molar-refractivity contribution in [3.63, 3.8) is 0 Å². The van der Waals surface area contributed by atoms with Crippen LogP contribution in [0.15, 0.2) is 29.4 Å². The summed E-state index contributed by atoms with van der Waals surface area (Å²) in [5, 5.41) is 11.7. The number of nitrogens with two attached hydrogens (primary N) is 1. The molecule has 0 aromatic heterocycles. The zero-order valence-electron chi connectivity index (χ0n) is 10.5. The molecule has 98 valence electrons. The van der Waals surface area contributed by atoms with Crippen LogP contribution in [0.3, 0.4) is 0 Å². The van der Waals surface area contributed by atoms with Crippen molar-refractivity contribution in [2.24, 2.45) is 16.8 Å². The number of hydrogen-bond donors (Lipinski definition) is 2. The van der Waals surface area contributed by atoms with Gasteiger partial charge in [-0.1, -0.05) is 43.0 Å². The number of amidine groups is 1. The molecule has 1 aromatic rings. The van der Waals surface area contributed by atoms with Crippen molar-refractivity contribution in [1.82, 2.24) is 0 Å². The van der Waals surface area contributed by atoms with Crippen LogP contribution in [-0.4, -0.2) is 17.6 Å². The van der Waals surface area contributed by atoms with Crippen molar-refractivity contribution in [2.45, 2.75) is 32.1 Å². The van der Waals surface area contributed by atoms with Crippen molar-refractivity contribution in [2.75, 3.05) is 6.61 Å². The van der Waals surface area contributed by atoms with Crippen LogP contribution in [0.1, 0.15) is 37.7 Å². The minimum absolute atomic E-state index is 0.0893. The maximum absolute atomic E-state index is 8.72. The molecular formula is C14H20N2O2. The molecule has 4 nitrogen and oxygen atoms in total. The number of hydrogen-bond acceptors (Lipinski definition) is 3. The molecule has 2 rings (SSSR count). The van der Waals surface area contributed by atoms with E-state index in [0.29, 0.717) is 17.9 Å². The van der Waals surface area contributed by atoms with E-state index in [1.807, 2.05) is 18.2 Å². The number of rotatable bonds is 5. The van der Waals surface area contributed by atoms with E-state index in [0.717, 1.165) is 12.3 Å². The fourth-order valence-corrected chi connectivity index (χ4v) is 2.49. The highest BCUT2D eigenvalue weighted by atomic mass is 16.5. The van der Waals surface area contributed by atoms with E-state index in [9.17, 15) is 0 Å². The van der Waals surface area contributed by atoms with Gasteiger partial charge >= 0.3 is 0 Å². The van der Waals surface area contributed by atoms with Crippen molar-refractivity contribution < 1.29 is 9.94 Å². The summed E-state index contributed by atoms with van der Waals surface area (Å²) in [5.74, 6) is 1.58. The largest absolute Gasteiger partial charge is 0.493 e. The lowest BCUT2D eigenvalue weighted by Crippen LogP contribution is -2.15. The van der Waals surface area contributed by atoms with E-state index in [1.54, 1.807) is 6.07 Å². The predicted molar refractivity (Wildman–Crippen MR) is 71.0 cm³/mol. The summed E-state index contributed by atoms with van der Waals surface area (Å²) in [6.07, 6.45) is 6.44. The van der Waals surface area contributed by atoms with Crippen molar-refractivity contribution >= 4 is 5.84 Å². The van der Waals surface area contributed by atoms with E-state index < -0.39 is 0 Å². The van der Waals surface area contributed by atoms with E-state index in [1.165, 1.54) is 25.7 Å². The number of benzene rings is 1. The fraction of sp³-hybridized carbons (Fsp3) is 0.500. The average Bonchev–Trinajstić information content (AvgIpc) is 2.92. The normalized spacial score (nSPS) is 17.0. The minimum atomic E-state index is 0.0893. The van der Waals surface area contributed by atoms with Crippen molar-refractivity contribution in [3.8, 4) is 5.75 Å². The molecule has 4 heteroatoms. The third-order valence-corrected chi connectivity index (χ3v) is 3.53. The minimum Gasteiger partial charge on any atom is -0.493 e. The highest BCUT2D eigenvalue weighted by Crippen LogP contribution is 2.28. The Balaban J connectivity index is 1.92. The molecule has 0 heterocycles. The van der Waals surface area contributed by atoms with Crippen LogP contribution in [0.2, 0.25) is 0 Å². The van der Waals surface area contributed by atoms with Gasteiger partial charge in [-0.3, -0.25) is 0 Å². The van der Waals surface area contributed by atoms with Crippen LogP contribution in [0, 0.1) is 5.92 Å². The molecule has 0 atom stereocenters. The molecule has 0 amide bonds. The predicted octanol–water partition coefficient (Wildman–Crippen LogP) is 2.74. The average molecular weight is 248 g/mol. The van der Waals surface area contributed by atoms with Crippen LogP contribution >= 0.6 is 0 Å². The summed E-state index contributed by atoms with van der Waals surface area (Å²) in [5.41, 5.74) is 6.25. The lowest BCUT2D eigenvalue weighted by atomic mass is 10.1. The lowest BCUT2D eigenvalue weighted by Gasteiger charge is -2.12. The summed E-state index contributed by atoms with van der Waals surface area (Å²) in [6, 6.07) is 7.37. The number of ether oxygens (including phenoxy) is 1. The Hall–Kier alpha value is -1.71. The highest BCUT2D eigenvalue weighted by Gasteiger charge is 2.15. The van der Waals surface area contributed by atoms with Crippen molar-refractivity contribution in [3.05, 3.63) is 29.8 Å². The molecule has 0 aliphatic heterocycles. The van der Waals surface area contributed by atoms with Gasteiger partial charge in [0.05, 0.1) is 12.2 Å². The Morgan fingerprint density at radius 2 is 2.06 bits per heavy atom. The topological polar surface area (TPSA) is 67.8 Å². The Labute approximate surface area is 107 Å². The molecule has 18 heavy (non-hydrogen) atoms. The van der Waals surface area contributed by atoms with Gasteiger partial charge in [-0.15, -0.1) is 0 Å². The molecule has 1 fully saturated rings. The van der Waals surface area contributed by atoms with Gasteiger partial charge < -0.3 is 15.7 Å². The number of oxime groups is 1. The molecule has 0 spiro atoms. The van der Waals surface area contributed by atoms with Gasteiger partial charge in [0.15, 0.2) is 5.84 Å². The van der Waals surface area contributed by atoms with E-state index in [-0.39, 0.29) is 5.84 Å². The first-order chi connectivity index (χ1) is 8.81. The van der Waals surface area contributed by atoms with Gasteiger partial charge in [0.2, 0.25) is 0 Å². The molecule has 1 aliphatic rings. The first-order valence-electron chi connectivity index (χ1n) is 6.51. The quantitative estimate of drug-likeness (QED) is 0.364. The first kappa shape index (κ1) is 12.7. The van der Waals surface area contributed by atoms with Crippen LogP contribution in [0.25, 0.3) is 0 Å². The molecule has 1 saturated carbocycles. The third kappa shape index (κ3) is 3.15. The fourth-order valence-electron chi connectivity index (χ4n) is 2.49. The summed E-state index contributed by atoms with van der Waals surface area (Å²) in [4.78, 5) is 0. The molecule has 0 bridgehead atoms. The van der Waals surface area contributed by atoms with Crippen LogP contribution in [-0.2, 0) is 0 Å². The van der Waals surface area contributed by atoms with Crippen LogP contribution in [0.5, 0.6) is 5.75 Å². The Kier molecular flexibility index (Phi) is 4.45. The molecule has 3 N–H and O–H groups in total. The standard InChI is InChI=1S/C14H20N2O2/c15-14(16-17)12-7-3-4-8-13(12)18-10-9-11-5-1-2-6-11/h3-4,7-8,11,17H,1-2,5-6,9-10H2,(H2,15,16). The molecule has 0 saturated heterocycles. The third-order valence-electron chi connectivity index (χ3n) is 3.53. The second-order valence-electron chi connectivity index (χ2n) is 4.77. The molecular weight excluding hydrogens is 228 g/mol. The Bertz CT molecular complexity index is 412. The monoisotopic (exact) mass is 248 g/mol. The summed E-state index contributed by atoms with van der Waals surface area (Å²) >= 11 is 0. The molecule has 0 unspecified atom stereocenters. The smallest absolute Gasteiger partial charge is 0.173 e. The number of para-hydroxylation sites is 1. The SMILES string of the molecule is N/C(=N/O)c1ccccc1OCCC1CCCC1. The van der Waals surface area contributed by atoms with E-state index >= 15 is 0 Å². The van der Waals surface area contributed by atoms with Gasteiger partial charge in [0, 0.05) is 0 Å². The van der Waals surface area contributed by atoms with Crippen LogP contribution in [0.4, 0.5) is 0 Å². The van der Waals surface area contributed by atoms with Gasteiger partial charge in [-0.05, 0) is 24.5 Å². The summed E-state index contributed by atoms with van der Waals surface area (Å²) in [6.45, 7) is 0.695. The molecule has 0 radical (unpaired) electrons. The molecule has 1 aliphatic carbocycles. The van der Waals surface area contributed by atoms with Gasteiger partial charge in [0.1, 0.15) is 5.75 Å². The van der Waals surface area contributed by atoms with E-state index in [2.05, 4.69) is 5.16 Å². The zero-order valence-corrected chi connectivity index (χ0v) is 10.5. The maximum Gasteiger partial charge on any atom is 0.173 e. The summed E-state index contributed by atoms with van der Waals surface area (Å²) < 4.78 is 5.75. The lowest BCUT2D eigenvalue weighted by molar-refractivity contribution is 0.278. The second-order valence-corrected chi connectivity index (χ2v) is 4.77. The van der Waals surface area contributed by atoms with Gasteiger partial charge in [0.25, 0.3) is 0 Å². The van der Waals surface area contributed by atoms with E-state index in [4.69, 9.17) is 15.7 Å². The van der Waals surface area contributed by atoms with Gasteiger partial charge in [-0.25, -0.2) is 0 Å². The Morgan fingerprint density at radius 3 is 2.78 bits per heavy atom. The first-order valence-corrected chi connectivity index (χ1v) is 6.51. The maximum atomic E-state index is 8.72. The number of nitrogens with zero attached hydrogens (tertiary/aromatic N) is 1. The van der Waals surface area contributed by atoms with Crippen LogP contribution < -0.4 is 10.5 Å². The molecule has 1 aromatic carbocycles. The second kappa shape index (κ2) is 6.28. The summed E-state index contributed by atoms with van der Waals surface area (Å²) in [7, 11) is 0. The Morgan fingerprint density at radius 1 is 1.33 bits per heavy atom.